The van der Waals surface area contributed by atoms with Gasteiger partial charge in [0.2, 0.25) is 0 Å². The van der Waals surface area contributed by atoms with Crippen molar-refractivity contribution in [3.63, 3.8) is 0 Å². The van der Waals surface area contributed by atoms with Gasteiger partial charge in [-0.1, -0.05) is 22.6 Å². The van der Waals surface area contributed by atoms with Gasteiger partial charge in [-0.3, -0.25) is 10.1 Å². The Morgan fingerprint density at radius 1 is 1.85 bits per heavy atom. The number of H-pyrrole nitrogens is 1. The average molecular weight is 295 g/mol. The van der Waals surface area contributed by atoms with Crippen LogP contribution in [-0.4, -0.2) is 31.6 Å². The van der Waals surface area contributed by atoms with E-state index in [9.17, 15) is 4.79 Å². The van der Waals surface area contributed by atoms with Gasteiger partial charge < -0.3 is 10.1 Å². The van der Waals surface area contributed by atoms with Gasteiger partial charge >= 0.3 is 5.97 Å². The number of imidazole rings is 1. The molecule has 5 nitrogen and oxygen atoms in total. The first-order valence-electron chi connectivity index (χ1n) is 3.73. The third kappa shape index (κ3) is 3.31. The molecule has 1 rings (SSSR count). The normalized spacial score (nSPS) is 12.7. The van der Waals surface area contributed by atoms with Crippen molar-refractivity contribution in [1.29, 1.82) is 0 Å². The van der Waals surface area contributed by atoms with Crippen LogP contribution in [0.4, 0.5) is 0 Å². The van der Waals surface area contributed by atoms with Crippen molar-refractivity contribution in [1.82, 2.24) is 15.3 Å². The molecule has 0 fully saturated rings. The van der Waals surface area contributed by atoms with Gasteiger partial charge in [-0.15, -0.1) is 0 Å². The summed E-state index contributed by atoms with van der Waals surface area (Å²) in [4.78, 5) is 17.4. The molecule has 0 saturated heterocycles. The van der Waals surface area contributed by atoms with Crippen molar-refractivity contribution in [2.24, 2.45) is 0 Å². The van der Waals surface area contributed by atoms with Crippen LogP contribution < -0.4 is 5.32 Å². The molecule has 0 aromatic carbocycles. The van der Waals surface area contributed by atoms with E-state index in [-0.39, 0.29) is 0 Å². The van der Waals surface area contributed by atoms with Gasteiger partial charge in [-0.05, 0) is 0 Å². The highest BCUT2D eigenvalue weighted by molar-refractivity contribution is 14.1. The first kappa shape index (κ1) is 10.5. The number of hydrogen-bond donors (Lipinski definition) is 3. The van der Waals surface area contributed by atoms with Crippen LogP contribution in [-0.2, 0) is 11.2 Å². The highest BCUT2D eigenvalue weighted by Crippen LogP contribution is 1.99. The molecule has 6 heteroatoms. The summed E-state index contributed by atoms with van der Waals surface area (Å²) in [5.74, 6) is -0.841. The fraction of sp³-hybridized carbons (Fsp3) is 0.429. The van der Waals surface area contributed by atoms with E-state index in [2.05, 4.69) is 37.9 Å². The molecule has 3 N–H and O–H groups in total. The van der Waals surface area contributed by atoms with E-state index in [0.717, 1.165) is 5.69 Å². The third-order valence-electron chi connectivity index (χ3n) is 1.60. The number of aliphatic carboxylic acids is 1. The Bertz CT molecular complexity index is 263. The lowest BCUT2D eigenvalue weighted by atomic mass is 10.2. The number of hydrogen-bond acceptors (Lipinski definition) is 3. The predicted octanol–water partition coefficient (Wildman–Crippen LogP) is 0.388. The van der Waals surface area contributed by atoms with Crippen LogP contribution in [0.15, 0.2) is 12.5 Å². The van der Waals surface area contributed by atoms with Crippen molar-refractivity contribution in [2.75, 3.05) is 4.55 Å². The smallest absolute Gasteiger partial charge is 0.321 e. The van der Waals surface area contributed by atoms with Gasteiger partial charge in [0.15, 0.2) is 0 Å². The zero-order valence-corrected chi connectivity index (χ0v) is 8.98. The zero-order valence-electron chi connectivity index (χ0n) is 6.83. The number of nitrogens with one attached hydrogen (secondary N) is 2. The first-order chi connectivity index (χ1) is 6.24. The van der Waals surface area contributed by atoms with E-state index in [1.807, 2.05) is 0 Å². The van der Waals surface area contributed by atoms with Crippen molar-refractivity contribution >= 4 is 28.6 Å². The zero-order chi connectivity index (χ0) is 9.68. The SMILES string of the molecule is O=C(O)[C@H](Cc1cnc[nH]1)NCI. The van der Waals surface area contributed by atoms with Gasteiger partial charge in [0.1, 0.15) is 6.04 Å². The summed E-state index contributed by atoms with van der Waals surface area (Å²) in [7, 11) is 0. The minimum Gasteiger partial charge on any atom is -0.480 e. The maximum atomic E-state index is 10.7. The summed E-state index contributed by atoms with van der Waals surface area (Å²) in [5, 5.41) is 11.7. The Morgan fingerprint density at radius 2 is 2.62 bits per heavy atom. The highest BCUT2D eigenvalue weighted by Gasteiger charge is 2.16. The number of halogens is 1. The number of carboxylic acids is 1. The molecule has 0 amide bonds. The summed E-state index contributed by atoms with van der Waals surface area (Å²) >= 11 is 2.08. The van der Waals surface area contributed by atoms with Crippen LogP contribution in [0.2, 0.25) is 0 Å². The minimum absolute atomic E-state index is 0.429. The predicted molar refractivity (Wildman–Crippen MR) is 55.7 cm³/mol. The standard InChI is InChI=1S/C7H10IN3O2/c8-3-10-6(7(12)13)1-5-2-9-4-11-5/h2,4,6,10H,1,3H2,(H,9,11)(H,12,13)/t6-/m0/s1. The molecule has 1 heterocycles. The molecule has 0 aliphatic heterocycles. The Labute approximate surface area is 89.1 Å². The van der Waals surface area contributed by atoms with Crippen LogP contribution in [0, 0.1) is 0 Å². The van der Waals surface area contributed by atoms with Crippen LogP contribution in [0.5, 0.6) is 0 Å². The number of nitrogens with zero attached hydrogens (tertiary/aromatic N) is 1. The molecule has 72 valence electrons. The summed E-state index contributed by atoms with van der Waals surface area (Å²) < 4.78 is 0.614. The Kier molecular flexibility index (Phi) is 4.16. The van der Waals surface area contributed by atoms with Crippen LogP contribution in [0.3, 0.4) is 0 Å². The maximum absolute atomic E-state index is 10.7. The van der Waals surface area contributed by atoms with E-state index in [1.54, 1.807) is 6.20 Å². The molecular weight excluding hydrogens is 285 g/mol. The Hall–Kier alpha value is -0.630. The maximum Gasteiger partial charge on any atom is 0.321 e. The molecule has 0 spiro atoms. The monoisotopic (exact) mass is 295 g/mol. The van der Waals surface area contributed by atoms with Crippen molar-refractivity contribution in [2.45, 2.75) is 12.5 Å². The largest absolute Gasteiger partial charge is 0.480 e. The van der Waals surface area contributed by atoms with E-state index in [4.69, 9.17) is 5.11 Å². The van der Waals surface area contributed by atoms with E-state index >= 15 is 0 Å². The van der Waals surface area contributed by atoms with Gasteiger partial charge in [0.05, 0.1) is 6.33 Å². The van der Waals surface area contributed by atoms with E-state index in [0.29, 0.717) is 11.0 Å². The molecule has 0 saturated carbocycles. The lowest BCUT2D eigenvalue weighted by Crippen LogP contribution is -2.37. The molecule has 0 unspecified atom stereocenters. The van der Waals surface area contributed by atoms with Crippen LogP contribution in [0.1, 0.15) is 5.69 Å². The number of alkyl halides is 1. The fourth-order valence-corrected chi connectivity index (χ4v) is 1.49. The molecule has 1 atom stereocenters. The highest BCUT2D eigenvalue weighted by atomic mass is 127. The number of carboxylic acid groups (broad SMARTS) is 1. The van der Waals surface area contributed by atoms with Crippen LogP contribution in [0.25, 0.3) is 0 Å². The molecule has 1 aromatic heterocycles. The first-order valence-corrected chi connectivity index (χ1v) is 5.26. The number of carbonyl (C=O) groups is 1. The molecule has 0 aliphatic rings. The molecular formula is C7H10IN3O2. The van der Waals surface area contributed by atoms with E-state index < -0.39 is 12.0 Å². The van der Waals surface area contributed by atoms with Gasteiger partial charge in [0.25, 0.3) is 0 Å². The summed E-state index contributed by atoms with van der Waals surface area (Å²) in [6.07, 6.45) is 3.60. The summed E-state index contributed by atoms with van der Waals surface area (Å²) in [5.41, 5.74) is 0.824. The molecule has 0 aliphatic carbocycles. The van der Waals surface area contributed by atoms with Gasteiger partial charge in [-0.25, -0.2) is 4.98 Å². The quantitative estimate of drug-likeness (QED) is 0.417. The van der Waals surface area contributed by atoms with Crippen molar-refractivity contribution < 1.29 is 9.90 Å². The summed E-state index contributed by atoms with van der Waals surface area (Å²) in [6.45, 7) is 0. The number of rotatable bonds is 5. The second-order valence-electron chi connectivity index (χ2n) is 2.51. The minimum atomic E-state index is -0.841. The Morgan fingerprint density at radius 3 is 3.08 bits per heavy atom. The molecule has 0 radical (unpaired) electrons. The molecule has 0 bridgehead atoms. The van der Waals surface area contributed by atoms with Gasteiger partial charge in [0, 0.05) is 22.9 Å². The second kappa shape index (κ2) is 5.18. The average Bonchev–Trinajstić information content (AvgIpc) is 2.56. The number of aromatic nitrogens is 2. The Balaban J connectivity index is 2.52. The lowest BCUT2D eigenvalue weighted by molar-refractivity contribution is -0.139. The number of aromatic amines is 1. The molecule has 13 heavy (non-hydrogen) atoms. The van der Waals surface area contributed by atoms with Gasteiger partial charge in [-0.2, -0.15) is 0 Å². The second-order valence-corrected chi connectivity index (χ2v) is 3.27. The summed E-state index contributed by atoms with van der Waals surface area (Å²) in [6, 6.07) is -0.544. The fourth-order valence-electron chi connectivity index (χ4n) is 0.956. The van der Waals surface area contributed by atoms with E-state index in [1.165, 1.54) is 6.33 Å². The van der Waals surface area contributed by atoms with Crippen LogP contribution >= 0.6 is 22.6 Å². The third-order valence-corrected chi connectivity index (χ3v) is 2.04. The lowest BCUT2D eigenvalue weighted by Gasteiger charge is -2.10. The topological polar surface area (TPSA) is 78.0 Å². The molecule has 1 aromatic rings. The van der Waals surface area contributed by atoms with Crippen molar-refractivity contribution in [3.8, 4) is 0 Å². The van der Waals surface area contributed by atoms with Crippen molar-refractivity contribution in [3.05, 3.63) is 18.2 Å².